The van der Waals surface area contributed by atoms with E-state index in [1.165, 1.54) is 5.56 Å². The Labute approximate surface area is 121 Å². The van der Waals surface area contributed by atoms with Crippen LogP contribution in [0.1, 0.15) is 44.7 Å². The van der Waals surface area contributed by atoms with Crippen molar-refractivity contribution < 1.29 is 4.74 Å². The number of ether oxygens (including phenoxy) is 1. The minimum absolute atomic E-state index is 0.365. The molecule has 1 aliphatic rings. The smallest absolute Gasteiger partial charge is 0.0471 e. The summed E-state index contributed by atoms with van der Waals surface area (Å²) < 4.78 is 5.45. The third kappa shape index (κ3) is 4.20. The predicted octanol–water partition coefficient (Wildman–Crippen LogP) is 4.20. The third-order valence-electron chi connectivity index (χ3n) is 4.13. The summed E-state index contributed by atoms with van der Waals surface area (Å²) in [5.74, 6) is 0. The number of nitrogens with one attached hydrogen (secondary N) is 1. The molecule has 0 saturated carbocycles. The molecule has 1 heterocycles. The predicted molar refractivity (Wildman–Crippen MR) is 80.6 cm³/mol. The topological polar surface area (TPSA) is 21.3 Å². The van der Waals surface area contributed by atoms with Crippen LogP contribution in [0.4, 0.5) is 0 Å². The molecule has 1 aromatic rings. The standard InChI is InChI=1S/C16H24ClNO/c1-3-15(13-5-4-6-14(17)11-13)18-12-16(2)7-9-19-10-8-16/h4-6,11,15,18H,3,7-10,12H2,1-2H3. The van der Waals surface area contributed by atoms with E-state index in [0.717, 1.165) is 44.0 Å². The highest BCUT2D eigenvalue weighted by atomic mass is 35.5. The van der Waals surface area contributed by atoms with E-state index in [4.69, 9.17) is 16.3 Å². The van der Waals surface area contributed by atoms with Gasteiger partial charge in [0.05, 0.1) is 0 Å². The number of hydrogen-bond donors (Lipinski definition) is 1. The fourth-order valence-corrected chi connectivity index (χ4v) is 2.83. The molecular formula is C16H24ClNO. The van der Waals surface area contributed by atoms with Crippen molar-refractivity contribution >= 4 is 11.6 Å². The number of halogens is 1. The molecule has 0 aliphatic carbocycles. The Morgan fingerprint density at radius 1 is 1.37 bits per heavy atom. The lowest BCUT2D eigenvalue weighted by Gasteiger charge is -2.35. The van der Waals surface area contributed by atoms with Gasteiger partial charge < -0.3 is 10.1 Å². The van der Waals surface area contributed by atoms with Crippen molar-refractivity contribution in [3.8, 4) is 0 Å². The van der Waals surface area contributed by atoms with Gasteiger partial charge in [0.2, 0.25) is 0 Å². The first-order chi connectivity index (χ1) is 9.13. The Morgan fingerprint density at radius 3 is 2.74 bits per heavy atom. The maximum atomic E-state index is 6.08. The van der Waals surface area contributed by atoms with Crippen LogP contribution in [-0.2, 0) is 4.74 Å². The summed E-state index contributed by atoms with van der Waals surface area (Å²) in [6, 6.07) is 8.56. The highest BCUT2D eigenvalue weighted by Crippen LogP contribution is 2.30. The van der Waals surface area contributed by atoms with E-state index < -0.39 is 0 Å². The molecule has 1 aromatic carbocycles. The molecule has 0 radical (unpaired) electrons. The van der Waals surface area contributed by atoms with E-state index in [1.54, 1.807) is 0 Å². The summed E-state index contributed by atoms with van der Waals surface area (Å²) in [5, 5.41) is 4.52. The van der Waals surface area contributed by atoms with Gasteiger partial charge in [-0.05, 0) is 42.4 Å². The monoisotopic (exact) mass is 281 g/mol. The van der Waals surface area contributed by atoms with E-state index in [2.05, 4.69) is 31.3 Å². The number of benzene rings is 1. The van der Waals surface area contributed by atoms with Crippen molar-refractivity contribution in [1.82, 2.24) is 5.32 Å². The molecule has 106 valence electrons. The SMILES string of the molecule is CCC(NCC1(C)CCOCC1)c1cccc(Cl)c1. The van der Waals surface area contributed by atoms with Gasteiger partial charge in [-0.25, -0.2) is 0 Å². The molecule has 0 bridgehead atoms. The van der Waals surface area contributed by atoms with Crippen LogP contribution >= 0.6 is 11.6 Å². The van der Waals surface area contributed by atoms with Crippen LogP contribution in [-0.4, -0.2) is 19.8 Å². The molecule has 2 rings (SSSR count). The summed E-state index contributed by atoms with van der Waals surface area (Å²) in [6.45, 7) is 7.40. The minimum Gasteiger partial charge on any atom is -0.381 e. The van der Waals surface area contributed by atoms with E-state index in [9.17, 15) is 0 Å². The van der Waals surface area contributed by atoms with Gasteiger partial charge in [-0.2, -0.15) is 0 Å². The van der Waals surface area contributed by atoms with Gasteiger partial charge in [-0.3, -0.25) is 0 Å². The molecule has 2 nitrogen and oxygen atoms in total. The molecule has 3 heteroatoms. The van der Waals surface area contributed by atoms with E-state index in [0.29, 0.717) is 11.5 Å². The van der Waals surface area contributed by atoms with Crippen LogP contribution in [0.3, 0.4) is 0 Å². The first-order valence-corrected chi connectivity index (χ1v) is 7.57. The van der Waals surface area contributed by atoms with Crippen molar-refractivity contribution in [1.29, 1.82) is 0 Å². The van der Waals surface area contributed by atoms with Gasteiger partial charge in [-0.15, -0.1) is 0 Å². The molecule has 1 aliphatic heterocycles. The molecule has 1 saturated heterocycles. The number of hydrogen-bond acceptors (Lipinski definition) is 2. The highest BCUT2D eigenvalue weighted by molar-refractivity contribution is 6.30. The highest BCUT2D eigenvalue weighted by Gasteiger charge is 2.27. The van der Waals surface area contributed by atoms with Crippen LogP contribution in [0.5, 0.6) is 0 Å². The summed E-state index contributed by atoms with van der Waals surface area (Å²) in [7, 11) is 0. The molecule has 0 amide bonds. The van der Waals surface area contributed by atoms with Crippen molar-refractivity contribution in [3.05, 3.63) is 34.9 Å². The molecule has 0 spiro atoms. The lowest BCUT2D eigenvalue weighted by Crippen LogP contribution is -2.38. The van der Waals surface area contributed by atoms with Gasteiger partial charge in [0, 0.05) is 30.8 Å². The maximum absolute atomic E-state index is 6.08. The molecule has 1 N–H and O–H groups in total. The lowest BCUT2D eigenvalue weighted by molar-refractivity contribution is 0.0228. The summed E-state index contributed by atoms with van der Waals surface area (Å²) in [5.41, 5.74) is 1.65. The van der Waals surface area contributed by atoms with Crippen molar-refractivity contribution in [2.75, 3.05) is 19.8 Å². The van der Waals surface area contributed by atoms with Crippen molar-refractivity contribution in [2.24, 2.45) is 5.41 Å². The van der Waals surface area contributed by atoms with E-state index in [1.807, 2.05) is 12.1 Å². The summed E-state index contributed by atoms with van der Waals surface area (Å²) >= 11 is 6.08. The van der Waals surface area contributed by atoms with E-state index >= 15 is 0 Å². The molecular weight excluding hydrogens is 258 g/mol. The lowest BCUT2D eigenvalue weighted by atomic mass is 9.82. The largest absolute Gasteiger partial charge is 0.381 e. The molecule has 1 fully saturated rings. The van der Waals surface area contributed by atoms with Crippen LogP contribution in [0.25, 0.3) is 0 Å². The van der Waals surface area contributed by atoms with Gasteiger partial charge >= 0.3 is 0 Å². The Kier molecular flexibility index (Phi) is 5.26. The van der Waals surface area contributed by atoms with Crippen molar-refractivity contribution in [3.63, 3.8) is 0 Å². The zero-order valence-electron chi connectivity index (χ0n) is 11.9. The minimum atomic E-state index is 0.365. The molecule has 19 heavy (non-hydrogen) atoms. The zero-order chi connectivity index (χ0) is 13.7. The second-order valence-electron chi connectivity index (χ2n) is 5.82. The normalized spacial score (nSPS) is 20.2. The Morgan fingerprint density at radius 2 is 2.11 bits per heavy atom. The average molecular weight is 282 g/mol. The first kappa shape index (κ1) is 14.8. The zero-order valence-corrected chi connectivity index (χ0v) is 12.7. The van der Waals surface area contributed by atoms with Crippen LogP contribution in [0.2, 0.25) is 5.02 Å². The van der Waals surface area contributed by atoms with E-state index in [-0.39, 0.29) is 0 Å². The molecule has 1 atom stereocenters. The summed E-state index contributed by atoms with van der Waals surface area (Å²) in [4.78, 5) is 0. The van der Waals surface area contributed by atoms with Crippen LogP contribution in [0, 0.1) is 5.41 Å². The van der Waals surface area contributed by atoms with Crippen LogP contribution in [0.15, 0.2) is 24.3 Å². The van der Waals surface area contributed by atoms with Crippen molar-refractivity contribution in [2.45, 2.75) is 39.2 Å². The Balaban J connectivity index is 1.95. The quantitative estimate of drug-likeness (QED) is 0.873. The van der Waals surface area contributed by atoms with Gasteiger partial charge in [-0.1, -0.05) is 37.6 Å². The van der Waals surface area contributed by atoms with Gasteiger partial charge in [0.1, 0.15) is 0 Å². The second kappa shape index (κ2) is 6.74. The molecule has 1 unspecified atom stereocenters. The average Bonchev–Trinajstić information content (AvgIpc) is 2.40. The number of rotatable bonds is 5. The Bertz CT molecular complexity index is 401. The first-order valence-electron chi connectivity index (χ1n) is 7.19. The summed E-state index contributed by atoms with van der Waals surface area (Å²) in [6.07, 6.45) is 3.37. The maximum Gasteiger partial charge on any atom is 0.0471 e. The molecule has 0 aromatic heterocycles. The third-order valence-corrected chi connectivity index (χ3v) is 4.37. The van der Waals surface area contributed by atoms with Crippen LogP contribution < -0.4 is 5.32 Å². The van der Waals surface area contributed by atoms with Gasteiger partial charge in [0.15, 0.2) is 0 Å². The Hall–Kier alpha value is -0.570. The van der Waals surface area contributed by atoms with Gasteiger partial charge in [0.25, 0.3) is 0 Å². The fourth-order valence-electron chi connectivity index (χ4n) is 2.63. The second-order valence-corrected chi connectivity index (χ2v) is 6.26. The fraction of sp³-hybridized carbons (Fsp3) is 0.625.